The maximum absolute atomic E-state index is 11.2. The lowest BCUT2D eigenvalue weighted by molar-refractivity contribution is -0.139. The molecule has 0 spiro atoms. The van der Waals surface area contributed by atoms with Gasteiger partial charge < -0.3 is 9.84 Å². The Morgan fingerprint density at radius 2 is 2.12 bits per heavy atom. The van der Waals surface area contributed by atoms with Crippen LogP contribution in [0.3, 0.4) is 0 Å². The minimum absolute atomic E-state index is 0.370. The molecule has 0 aliphatic heterocycles. The second-order valence-corrected chi connectivity index (χ2v) is 4.39. The Balaban J connectivity index is 2.08. The van der Waals surface area contributed by atoms with Gasteiger partial charge in [0.05, 0.1) is 6.61 Å². The highest BCUT2D eigenvalue weighted by Crippen LogP contribution is 2.24. The second-order valence-electron chi connectivity index (χ2n) is 4.39. The fourth-order valence-corrected chi connectivity index (χ4v) is 1.77. The van der Waals surface area contributed by atoms with Gasteiger partial charge in [-0.05, 0) is 24.0 Å². The number of carbonyl (C=O) groups is 1. The molecular formula is C13H17NO3. The minimum atomic E-state index is -0.823. The largest absolute Gasteiger partial charge is 0.480 e. The molecule has 1 aliphatic carbocycles. The lowest BCUT2D eigenvalue weighted by Crippen LogP contribution is -2.30. The van der Waals surface area contributed by atoms with Gasteiger partial charge in [0.15, 0.2) is 0 Å². The second kappa shape index (κ2) is 5.29. The average molecular weight is 235 g/mol. The summed E-state index contributed by atoms with van der Waals surface area (Å²) in [5.41, 5.74) is 1.84. The van der Waals surface area contributed by atoms with Crippen LogP contribution in [0, 0.1) is 0 Å². The first kappa shape index (κ1) is 12.1. The monoisotopic (exact) mass is 235 g/mol. The Labute approximate surface area is 101 Å². The van der Waals surface area contributed by atoms with Crippen LogP contribution in [0.1, 0.15) is 30.0 Å². The standard InChI is InChI=1S/C13H17NO3/c1-17-8-9-2-4-10(5-3-9)12(13(15)16)14-11-6-7-11/h2-5,11-12,14H,6-8H2,1H3,(H,15,16). The van der Waals surface area contributed by atoms with E-state index >= 15 is 0 Å². The molecule has 0 amide bonds. The quantitative estimate of drug-likeness (QED) is 0.788. The molecule has 17 heavy (non-hydrogen) atoms. The summed E-state index contributed by atoms with van der Waals surface area (Å²) >= 11 is 0. The van der Waals surface area contributed by atoms with E-state index in [-0.39, 0.29) is 0 Å². The number of methoxy groups -OCH3 is 1. The Hall–Kier alpha value is -1.39. The van der Waals surface area contributed by atoms with Crippen LogP contribution in [0.5, 0.6) is 0 Å². The van der Waals surface area contributed by atoms with Gasteiger partial charge in [-0.15, -0.1) is 0 Å². The van der Waals surface area contributed by atoms with E-state index in [1.165, 1.54) is 0 Å². The molecular weight excluding hydrogens is 218 g/mol. The maximum atomic E-state index is 11.2. The molecule has 2 N–H and O–H groups in total. The van der Waals surface area contributed by atoms with Gasteiger partial charge in [-0.25, -0.2) is 0 Å². The van der Waals surface area contributed by atoms with Gasteiger partial charge in [0, 0.05) is 13.2 Å². The van der Waals surface area contributed by atoms with E-state index in [2.05, 4.69) is 5.32 Å². The number of carboxylic acid groups (broad SMARTS) is 1. The molecule has 92 valence electrons. The first-order valence-electron chi connectivity index (χ1n) is 5.77. The smallest absolute Gasteiger partial charge is 0.325 e. The van der Waals surface area contributed by atoms with Crippen molar-refractivity contribution in [2.75, 3.05) is 7.11 Å². The number of ether oxygens (including phenoxy) is 1. The zero-order valence-electron chi connectivity index (χ0n) is 9.85. The first-order chi connectivity index (χ1) is 8.20. The van der Waals surface area contributed by atoms with Crippen molar-refractivity contribution in [2.45, 2.75) is 31.5 Å². The van der Waals surface area contributed by atoms with Crippen LogP contribution in [0.2, 0.25) is 0 Å². The third-order valence-corrected chi connectivity index (χ3v) is 2.85. The van der Waals surface area contributed by atoms with Crippen molar-refractivity contribution < 1.29 is 14.6 Å². The van der Waals surface area contributed by atoms with E-state index < -0.39 is 12.0 Å². The lowest BCUT2D eigenvalue weighted by atomic mass is 10.0. The van der Waals surface area contributed by atoms with Gasteiger partial charge >= 0.3 is 5.97 Å². The number of hydrogen-bond acceptors (Lipinski definition) is 3. The predicted octanol–water partition coefficient (Wildman–Crippen LogP) is 1.71. The molecule has 0 bridgehead atoms. The number of carboxylic acids is 1. The van der Waals surface area contributed by atoms with Crippen molar-refractivity contribution in [3.05, 3.63) is 35.4 Å². The van der Waals surface area contributed by atoms with Crippen LogP contribution in [0.4, 0.5) is 0 Å². The Bertz CT molecular complexity index is 384. The zero-order valence-corrected chi connectivity index (χ0v) is 9.85. The molecule has 0 radical (unpaired) electrons. The van der Waals surface area contributed by atoms with Gasteiger partial charge in [0.2, 0.25) is 0 Å². The summed E-state index contributed by atoms with van der Waals surface area (Å²) in [6.45, 7) is 0.550. The molecule has 0 heterocycles. The van der Waals surface area contributed by atoms with E-state index in [1.54, 1.807) is 7.11 Å². The van der Waals surface area contributed by atoms with Crippen LogP contribution < -0.4 is 5.32 Å². The van der Waals surface area contributed by atoms with Gasteiger partial charge in [-0.2, -0.15) is 0 Å². The van der Waals surface area contributed by atoms with Crippen LogP contribution in [0.15, 0.2) is 24.3 Å². The number of hydrogen-bond donors (Lipinski definition) is 2. The highest BCUT2D eigenvalue weighted by atomic mass is 16.5. The summed E-state index contributed by atoms with van der Waals surface area (Å²) in [5, 5.41) is 12.3. The topological polar surface area (TPSA) is 58.6 Å². The van der Waals surface area contributed by atoms with E-state index in [4.69, 9.17) is 4.74 Å². The van der Waals surface area contributed by atoms with Crippen molar-refractivity contribution in [3.63, 3.8) is 0 Å². The summed E-state index contributed by atoms with van der Waals surface area (Å²) in [4.78, 5) is 11.2. The summed E-state index contributed by atoms with van der Waals surface area (Å²) in [6.07, 6.45) is 2.15. The molecule has 1 aromatic rings. The van der Waals surface area contributed by atoms with Crippen molar-refractivity contribution in [1.82, 2.24) is 5.32 Å². The highest BCUT2D eigenvalue weighted by Gasteiger charge is 2.29. The normalized spacial score (nSPS) is 16.8. The Morgan fingerprint density at radius 3 is 2.59 bits per heavy atom. The molecule has 2 rings (SSSR count). The number of rotatable bonds is 6. The lowest BCUT2D eigenvalue weighted by Gasteiger charge is -2.14. The zero-order chi connectivity index (χ0) is 12.3. The third kappa shape index (κ3) is 3.28. The van der Waals surface area contributed by atoms with Crippen molar-refractivity contribution in [1.29, 1.82) is 0 Å². The van der Waals surface area contributed by atoms with Gasteiger partial charge in [0.25, 0.3) is 0 Å². The van der Waals surface area contributed by atoms with E-state index in [0.717, 1.165) is 24.0 Å². The van der Waals surface area contributed by atoms with Crippen LogP contribution in [-0.4, -0.2) is 24.2 Å². The van der Waals surface area contributed by atoms with Crippen molar-refractivity contribution in [3.8, 4) is 0 Å². The molecule has 4 heteroatoms. The van der Waals surface area contributed by atoms with E-state index in [0.29, 0.717) is 12.6 Å². The summed E-state index contributed by atoms with van der Waals surface area (Å²) in [6, 6.07) is 7.28. The van der Waals surface area contributed by atoms with Crippen LogP contribution in [-0.2, 0) is 16.1 Å². The Morgan fingerprint density at radius 1 is 1.47 bits per heavy atom. The number of aliphatic carboxylic acids is 1. The molecule has 0 aromatic heterocycles. The maximum Gasteiger partial charge on any atom is 0.325 e. The minimum Gasteiger partial charge on any atom is -0.480 e. The van der Waals surface area contributed by atoms with Crippen LogP contribution in [0.25, 0.3) is 0 Å². The third-order valence-electron chi connectivity index (χ3n) is 2.85. The molecule has 1 aromatic carbocycles. The fraction of sp³-hybridized carbons (Fsp3) is 0.462. The SMILES string of the molecule is COCc1ccc(C(NC2CC2)C(=O)O)cc1. The summed E-state index contributed by atoms with van der Waals surface area (Å²) in [5.74, 6) is -0.823. The van der Waals surface area contributed by atoms with Crippen molar-refractivity contribution >= 4 is 5.97 Å². The Kier molecular flexibility index (Phi) is 3.76. The predicted molar refractivity (Wildman–Crippen MR) is 63.7 cm³/mol. The summed E-state index contributed by atoms with van der Waals surface area (Å²) < 4.78 is 5.02. The molecule has 1 aliphatic rings. The molecule has 1 unspecified atom stereocenters. The fourth-order valence-electron chi connectivity index (χ4n) is 1.77. The van der Waals surface area contributed by atoms with Crippen molar-refractivity contribution in [2.24, 2.45) is 0 Å². The van der Waals surface area contributed by atoms with Crippen LogP contribution >= 0.6 is 0 Å². The van der Waals surface area contributed by atoms with Gasteiger partial charge in [-0.1, -0.05) is 24.3 Å². The molecule has 0 saturated heterocycles. The van der Waals surface area contributed by atoms with E-state index in [9.17, 15) is 9.90 Å². The van der Waals surface area contributed by atoms with Gasteiger partial charge in [0.1, 0.15) is 6.04 Å². The molecule has 1 atom stereocenters. The number of nitrogens with one attached hydrogen (secondary N) is 1. The first-order valence-corrected chi connectivity index (χ1v) is 5.77. The average Bonchev–Trinajstić information content (AvgIpc) is 3.11. The highest BCUT2D eigenvalue weighted by molar-refractivity contribution is 5.75. The molecule has 1 saturated carbocycles. The molecule has 4 nitrogen and oxygen atoms in total. The molecule has 1 fully saturated rings. The summed E-state index contributed by atoms with van der Waals surface area (Å²) in [7, 11) is 1.64. The van der Waals surface area contributed by atoms with E-state index in [1.807, 2.05) is 24.3 Å². The number of benzene rings is 1. The van der Waals surface area contributed by atoms with Gasteiger partial charge in [-0.3, -0.25) is 10.1 Å².